The van der Waals surface area contributed by atoms with Gasteiger partial charge in [0, 0.05) is 6.08 Å². The molecule has 0 saturated carbocycles. The predicted octanol–water partition coefficient (Wildman–Crippen LogP) is 2.78. The summed E-state index contributed by atoms with van der Waals surface area (Å²) in [4.78, 5) is 0. The molecule has 17 heavy (non-hydrogen) atoms. The molecule has 1 heterocycles. The van der Waals surface area contributed by atoms with Gasteiger partial charge in [0.2, 0.25) is 6.10 Å². The van der Waals surface area contributed by atoms with Crippen LogP contribution in [0, 0.1) is 11.3 Å². The van der Waals surface area contributed by atoms with Gasteiger partial charge in [-0.25, -0.2) is 0 Å². The smallest absolute Gasteiger partial charge is 0.442 e. The van der Waals surface area contributed by atoms with E-state index in [9.17, 15) is 26.3 Å². The van der Waals surface area contributed by atoms with Crippen molar-refractivity contribution < 1.29 is 35.8 Å². The summed E-state index contributed by atoms with van der Waals surface area (Å²) in [5.41, 5.74) is -1.44. The molecule has 0 saturated heterocycles. The Morgan fingerprint density at radius 2 is 1.82 bits per heavy atom. The third-order valence-corrected chi connectivity index (χ3v) is 1.52. The zero-order chi connectivity index (χ0) is 13.3. The predicted molar refractivity (Wildman–Crippen MR) is 39.8 cm³/mol. The lowest BCUT2D eigenvalue weighted by atomic mass is 10.1. The first-order valence-electron chi connectivity index (χ1n) is 3.94. The lowest BCUT2D eigenvalue weighted by Crippen LogP contribution is -2.24. The quantitative estimate of drug-likeness (QED) is 0.680. The number of nitrogens with zero attached hydrogens (tertiary/aromatic N) is 1. The van der Waals surface area contributed by atoms with Gasteiger partial charge in [0.1, 0.15) is 6.07 Å². The maximum Gasteiger partial charge on any atom is 0.575 e. The highest BCUT2D eigenvalue weighted by atomic mass is 19.4. The second kappa shape index (κ2) is 4.20. The molecule has 0 fully saturated rings. The molecule has 1 unspecified atom stereocenters. The van der Waals surface area contributed by atoms with Gasteiger partial charge in [-0.1, -0.05) is 0 Å². The first-order valence-corrected chi connectivity index (χ1v) is 3.94. The Kier molecular flexibility index (Phi) is 3.26. The molecule has 0 aromatic heterocycles. The van der Waals surface area contributed by atoms with Crippen LogP contribution in [0.3, 0.4) is 0 Å². The minimum atomic E-state index is -5.19. The fourth-order valence-corrected chi connectivity index (χ4v) is 0.939. The van der Waals surface area contributed by atoms with Crippen LogP contribution in [0.4, 0.5) is 26.3 Å². The van der Waals surface area contributed by atoms with Crippen molar-refractivity contribution in [1.82, 2.24) is 0 Å². The molecule has 1 atom stereocenters. The summed E-state index contributed by atoms with van der Waals surface area (Å²) in [7, 11) is 0. The Bertz CT molecular complexity index is 400. The van der Waals surface area contributed by atoms with E-state index in [0.717, 1.165) is 0 Å². The van der Waals surface area contributed by atoms with Crippen LogP contribution in [0.2, 0.25) is 0 Å². The number of nitriles is 1. The van der Waals surface area contributed by atoms with Gasteiger partial charge < -0.3 is 9.47 Å². The Labute approximate surface area is 90.5 Å². The third kappa shape index (κ3) is 3.90. The maximum absolute atomic E-state index is 12.2. The first kappa shape index (κ1) is 13.2. The summed E-state index contributed by atoms with van der Waals surface area (Å²) < 4.78 is 79.4. The minimum absolute atomic E-state index is 0.0291. The lowest BCUT2D eigenvalue weighted by Gasteiger charge is -2.20. The summed E-state index contributed by atoms with van der Waals surface area (Å²) in [5, 5.41) is 8.34. The highest BCUT2D eigenvalue weighted by Gasteiger charge is 2.39. The molecule has 1 rings (SSSR count). The van der Waals surface area contributed by atoms with E-state index in [1.807, 2.05) is 0 Å². The summed E-state index contributed by atoms with van der Waals surface area (Å²) in [6.07, 6.45) is -11.5. The van der Waals surface area contributed by atoms with Gasteiger partial charge in [0.25, 0.3) is 5.95 Å². The van der Waals surface area contributed by atoms with Crippen LogP contribution in [0.15, 0.2) is 23.7 Å². The number of allylic oxidation sites excluding steroid dienone is 2. The highest BCUT2D eigenvalue weighted by molar-refractivity contribution is 5.31. The molecule has 0 spiro atoms. The van der Waals surface area contributed by atoms with Gasteiger partial charge in [-0.05, 0) is 6.08 Å². The van der Waals surface area contributed by atoms with Crippen LogP contribution in [-0.2, 0) is 9.47 Å². The number of ether oxygens (including phenoxy) is 2. The molecule has 0 bridgehead atoms. The molecule has 0 radical (unpaired) electrons. The molecular formula is C8H3F6NO2. The van der Waals surface area contributed by atoms with Crippen LogP contribution in [0.1, 0.15) is 0 Å². The maximum atomic E-state index is 12.2. The number of alkyl halides is 6. The van der Waals surface area contributed by atoms with E-state index in [0.29, 0.717) is 6.08 Å². The fraction of sp³-hybridized carbons (Fsp3) is 0.375. The summed E-state index contributed by atoms with van der Waals surface area (Å²) in [6.45, 7) is 0. The third-order valence-electron chi connectivity index (χ3n) is 1.52. The van der Waals surface area contributed by atoms with Crippen molar-refractivity contribution in [3.05, 3.63) is 23.7 Å². The van der Waals surface area contributed by atoms with E-state index >= 15 is 0 Å². The van der Waals surface area contributed by atoms with Crippen molar-refractivity contribution in [3.63, 3.8) is 0 Å². The molecule has 0 aliphatic carbocycles. The number of hydrogen-bond donors (Lipinski definition) is 0. The van der Waals surface area contributed by atoms with Crippen molar-refractivity contribution in [2.45, 2.75) is 18.6 Å². The minimum Gasteiger partial charge on any atom is -0.442 e. The zero-order valence-electron chi connectivity index (χ0n) is 7.76. The summed E-state index contributed by atoms with van der Waals surface area (Å²) in [5.74, 6) is -1.42. The monoisotopic (exact) mass is 259 g/mol. The lowest BCUT2D eigenvalue weighted by molar-refractivity contribution is -0.323. The van der Waals surface area contributed by atoms with Crippen LogP contribution in [-0.4, -0.2) is 18.6 Å². The van der Waals surface area contributed by atoms with Crippen molar-refractivity contribution in [3.8, 4) is 6.07 Å². The molecule has 0 amide bonds. The van der Waals surface area contributed by atoms with E-state index < -0.39 is 30.2 Å². The molecule has 0 aromatic rings. The van der Waals surface area contributed by atoms with Crippen molar-refractivity contribution in [1.29, 1.82) is 5.26 Å². The molecule has 1 aliphatic rings. The molecule has 3 nitrogen and oxygen atoms in total. The van der Waals surface area contributed by atoms with Gasteiger partial charge in [-0.15, -0.1) is 13.2 Å². The number of rotatable bonds is 1. The molecule has 1 aliphatic heterocycles. The molecule has 94 valence electrons. The van der Waals surface area contributed by atoms with Crippen LogP contribution >= 0.6 is 0 Å². The van der Waals surface area contributed by atoms with Crippen molar-refractivity contribution >= 4 is 0 Å². The normalized spacial score (nSPS) is 20.9. The SMILES string of the molecule is N#CC1C=C(C(F)(F)F)C=C(OC(F)(F)F)O1. The van der Waals surface area contributed by atoms with Crippen LogP contribution < -0.4 is 0 Å². The Hall–Kier alpha value is -1.85. The molecular weight excluding hydrogens is 256 g/mol. The molecule has 0 N–H and O–H groups in total. The van der Waals surface area contributed by atoms with Gasteiger partial charge in [-0.3, -0.25) is 0 Å². The first-order chi connectivity index (χ1) is 7.62. The van der Waals surface area contributed by atoms with Crippen LogP contribution in [0.5, 0.6) is 0 Å². The Morgan fingerprint density at radius 3 is 2.24 bits per heavy atom. The van der Waals surface area contributed by atoms with Crippen molar-refractivity contribution in [2.24, 2.45) is 0 Å². The Balaban J connectivity index is 2.98. The van der Waals surface area contributed by atoms with Crippen LogP contribution in [0.25, 0.3) is 0 Å². The standard InChI is InChI=1S/C8H3F6NO2/c9-7(10,11)4-1-5(3-15)16-6(2-4)17-8(12,13)14/h1-2,5H. The van der Waals surface area contributed by atoms with Gasteiger partial charge in [0.15, 0.2) is 0 Å². The average molecular weight is 259 g/mol. The van der Waals surface area contributed by atoms with Gasteiger partial charge in [0.05, 0.1) is 5.57 Å². The van der Waals surface area contributed by atoms with Gasteiger partial charge in [-0.2, -0.15) is 18.4 Å². The van der Waals surface area contributed by atoms with E-state index in [1.165, 1.54) is 6.07 Å². The Morgan fingerprint density at radius 1 is 1.24 bits per heavy atom. The van der Waals surface area contributed by atoms with E-state index in [4.69, 9.17) is 5.26 Å². The zero-order valence-corrected chi connectivity index (χ0v) is 7.76. The average Bonchev–Trinajstić information content (AvgIpc) is 2.13. The van der Waals surface area contributed by atoms with E-state index in [2.05, 4.69) is 9.47 Å². The topological polar surface area (TPSA) is 42.2 Å². The van der Waals surface area contributed by atoms with Crippen molar-refractivity contribution in [2.75, 3.05) is 0 Å². The molecule has 0 aromatic carbocycles. The van der Waals surface area contributed by atoms with E-state index in [-0.39, 0.29) is 6.08 Å². The second-order valence-corrected chi connectivity index (χ2v) is 2.80. The molecule has 9 heteroatoms. The number of halogens is 6. The second-order valence-electron chi connectivity index (χ2n) is 2.80. The highest BCUT2D eigenvalue weighted by Crippen LogP contribution is 2.33. The summed E-state index contributed by atoms with van der Waals surface area (Å²) >= 11 is 0. The fourth-order valence-electron chi connectivity index (χ4n) is 0.939. The summed E-state index contributed by atoms with van der Waals surface area (Å²) in [6, 6.07) is 1.23. The largest absolute Gasteiger partial charge is 0.575 e. The van der Waals surface area contributed by atoms with E-state index in [1.54, 1.807) is 0 Å². The number of hydrogen-bond acceptors (Lipinski definition) is 3. The van der Waals surface area contributed by atoms with Gasteiger partial charge >= 0.3 is 12.5 Å².